The van der Waals surface area contributed by atoms with Crippen LogP contribution >= 0.6 is 0 Å². The number of nitrogens with zero attached hydrogens (tertiary/aromatic N) is 2. The predicted molar refractivity (Wildman–Crippen MR) is 101 cm³/mol. The van der Waals surface area contributed by atoms with Gasteiger partial charge in [-0.05, 0) is 36.4 Å². The molecule has 0 radical (unpaired) electrons. The Bertz CT molecular complexity index is 1090. The van der Waals surface area contributed by atoms with Gasteiger partial charge in [0.1, 0.15) is 17.3 Å². The number of aromatic hydroxyl groups is 1. The van der Waals surface area contributed by atoms with E-state index in [0.29, 0.717) is 10.9 Å². The van der Waals surface area contributed by atoms with Crippen molar-refractivity contribution in [2.24, 2.45) is 0 Å². The molecule has 0 saturated carbocycles. The monoisotopic (exact) mass is 436 g/mol. The lowest BCUT2D eigenvalue weighted by atomic mass is 10.2. The number of halogens is 4. The van der Waals surface area contributed by atoms with Crippen molar-refractivity contribution in [3.63, 3.8) is 0 Å². The van der Waals surface area contributed by atoms with Gasteiger partial charge >= 0.3 is 6.18 Å². The molecule has 31 heavy (non-hydrogen) atoms. The molecule has 3 aromatic rings. The normalized spacial score (nSPS) is 11.2. The van der Waals surface area contributed by atoms with Gasteiger partial charge in [0.05, 0.1) is 11.8 Å². The van der Waals surface area contributed by atoms with Crippen LogP contribution in [0.15, 0.2) is 54.7 Å². The summed E-state index contributed by atoms with van der Waals surface area (Å²) in [5.41, 5.74) is -2.38. The number of amides is 2. The van der Waals surface area contributed by atoms with Crippen molar-refractivity contribution in [1.29, 1.82) is 0 Å². The molecule has 0 aliphatic carbocycles. The molecule has 7 nitrogen and oxygen atoms in total. The number of nitrogens with one attached hydrogen (secondary N) is 2. The Labute approximate surface area is 173 Å². The summed E-state index contributed by atoms with van der Waals surface area (Å²) < 4.78 is 55.1. The molecule has 0 bridgehead atoms. The van der Waals surface area contributed by atoms with E-state index in [1.54, 1.807) is 0 Å². The Morgan fingerprint density at radius 2 is 1.58 bits per heavy atom. The summed E-state index contributed by atoms with van der Waals surface area (Å²) >= 11 is 0. The van der Waals surface area contributed by atoms with Crippen LogP contribution in [-0.4, -0.2) is 39.8 Å². The average Bonchev–Trinajstić information content (AvgIpc) is 3.17. The molecule has 0 spiro atoms. The van der Waals surface area contributed by atoms with Crippen LogP contribution in [0.5, 0.6) is 5.75 Å². The molecule has 2 amide bonds. The van der Waals surface area contributed by atoms with E-state index in [-0.39, 0.29) is 24.4 Å². The maximum absolute atomic E-state index is 14.0. The van der Waals surface area contributed by atoms with E-state index in [2.05, 4.69) is 15.7 Å². The number of carbonyl (C=O) groups is 2. The molecule has 0 atom stereocenters. The predicted octanol–water partition coefficient (Wildman–Crippen LogP) is 2.90. The quantitative estimate of drug-likeness (QED) is 0.409. The van der Waals surface area contributed by atoms with Crippen LogP contribution in [0.4, 0.5) is 17.6 Å². The smallest absolute Gasteiger partial charge is 0.434 e. The zero-order chi connectivity index (χ0) is 22.6. The van der Waals surface area contributed by atoms with Gasteiger partial charge in [0.15, 0.2) is 5.69 Å². The molecule has 0 unspecified atom stereocenters. The lowest BCUT2D eigenvalue weighted by molar-refractivity contribution is -0.143. The number of para-hydroxylation sites is 1. The summed E-state index contributed by atoms with van der Waals surface area (Å²) in [7, 11) is 0. The first-order valence-electron chi connectivity index (χ1n) is 8.94. The number of benzene rings is 2. The maximum Gasteiger partial charge on any atom is 0.434 e. The Hall–Kier alpha value is -3.89. The second-order valence-electron chi connectivity index (χ2n) is 6.33. The summed E-state index contributed by atoms with van der Waals surface area (Å²) in [5, 5.41) is 17.5. The Balaban J connectivity index is 1.68. The van der Waals surface area contributed by atoms with Crippen molar-refractivity contribution in [3.8, 4) is 11.4 Å². The number of carbonyl (C=O) groups excluding carboxylic acids is 2. The third-order valence-corrected chi connectivity index (χ3v) is 4.19. The SMILES string of the molecule is O=C(NCCNC(=O)c1cnn(-c2ccccc2F)c1C(F)(F)F)c1ccc(O)cc1. The van der Waals surface area contributed by atoms with Crippen molar-refractivity contribution < 1.29 is 32.3 Å². The minimum Gasteiger partial charge on any atom is -0.508 e. The lowest BCUT2D eigenvalue weighted by Gasteiger charge is -2.13. The van der Waals surface area contributed by atoms with Crippen LogP contribution in [0, 0.1) is 5.82 Å². The molecule has 3 rings (SSSR count). The van der Waals surface area contributed by atoms with Crippen LogP contribution < -0.4 is 10.6 Å². The van der Waals surface area contributed by atoms with E-state index in [9.17, 15) is 32.3 Å². The highest BCUT2D eigenvalue weighted by Gasteiger charge is 2.40. The van der Waals surface area contributed by atoms with E-state index in [0.717, 1.165) is 12.1 Å². The standard InChI is InChI=1S/C20H16F4N4O3/c21-15-3-1-2-4-16(15)28-17(20(22,23)24)14(11-27-28)19(31)26-10-9-25-18(30)12-5-7-13(29)8-6-12/h1-8,11,29H,9-10H2,(H,25,30)(H,26,31). The van der Waals surface area contributed by atoms with E-state index in [4.69, 9.17) is 0 Å². The topological polar surface area (TPSA) is 96.3 Å². The van der Waals surface area contributed by atoms with Gasteiger partial charge in [-0.25, -0.2) is 9.07 Å². The summed E-state index contributed by atoms with van der Waals surface area (Å²) in [6.07, 6.45) is -4.27. The molecule has 2 aromatic carbocycles. The van der Waals surface area contributed by atoms with Crippen LogP contribution in [-0.2, 0) is 6.18 Å². The molecule has 11 heteroatoms. The zero-order valence-electron chi connectivity index (χ0n) is 15.8. The van der Waals surface area contributed by atoms with Gasteiger partial charge in [-0.2, -0.15) is 18.3 Å². The number of alkyl halides is 3. The molecule has 0 fully saturated rings. The fourth-order valence-corrected chi connectivity index (χ4v) is 2.76. The zero-order valence-corrected chi connectivity index (χ0v) is 15.8. The molecule has 1 heterocycles. The largest absolute Gasteiger partial charge is 0.508 e. The Kier molecular flexibility index (Phi) is 6.23. The summed E-state index contributed by atoms with van der Waals surface area (Å²) in [5.74, 6) is -2.51. The number of rotatable bonds is 6. The van der Waals surface area contributed by atoms with Gasteiger partial charge in [0, 0.05) is 18.7 Å². The van der Waals surface area contributed by atoms with Gasteiger partial charge in [0.25, 0.3) is 11.8 Å². The van der Waals surface area contributed by atoms with Crippen molar-refractivity contribution in [3.05, 3.63) is 77.4 Å². The van der Waals surface area contributed by atoms with Crippen molar-refractivity contribution in [2.45, 2.75) is 6.18 Å². The van der Waals surface area contributed by atoms with Gasteiger partial charge < -0.3 is 15.7 Å². The maximum atomic E-state index is 14.0. The van der Waals surface area contributed by atoms with Crippen molar-refractivity contribution >= 4 is 11.8 Å². The number of aromatic nitrogens is 2. The van der Waals surface area contributed by atoms with Crippen LogP contribution in [0.1, 0.15) is 26.4 Å². The molecular weight excluding hydrogens is 420 g/mol. The molecule has 1 aromatic heterocycles. The Morgan fingerprint density at radius 1 is 0.968 bits per heavy atom. The lowest BCUT2D eigenvalue weighted by Crippen LogP contribution is -2.35. The minimum absolute atomic E-state index is 0.0137. The first kappa shape index (κ1) is 21.8. The van der Waals surface area contributed by atoms with Crippen molar-refractivity contribution in [1.82, 2.24) is 20.4 Å². The number of phenols is 1. The third kappa shape index (κ3) is 5.00. The minimum atomic E-state index is -4.97. The third-order valence-electron chi connectivity index (χ3n) is 4.19. The van der Waals surface area contributed by atoms with Crippen LogP contribution in [0.3, 0.4) is 0 Å². The van der Waals surface area contributed by atoms with Gasteiger partial charge in [-0.1, -0.05) is 12.1 Å². The highest BCUT2D eigenvalue weighted by Crippen LogP contribution is 2.34. The number of hydrogen-bond donors (Lipinski definition) is 3. The van der Waals surface area contributed by atoms with Crippen LogP contribution in [0.2, 0.25) is 0 Å². The second-order valence-corrected chi connectivity index (χ2v) is 6.33. The molecule has 0 aliphatic heterocycles. The van der Waals surface area contributed by atoms with Gasteiger partial charge in [0.2, 0.25) is 0 Å². The van der Waals surface area contributed by atoms with E-state index in [1.807, 2.05) is 0 Å². The first-order chi connectivity index (χ1) is 14.7. The van der Waals surface area contributed by atoms with Gasteiger partial charge in [-0.3, -0.25) is 9.59 Å². The molecule has 0 aliphatic rings. The highest BCUT2D eigenvalue weighted by molar-refractivity contribution is 5.96. The average molecular weight is 436 g/mol. The van der Waals surface area contributed by atoms with E-state index < -0.39 is 40.8 Å². The number of hydrogen-bond acceptors (Lipinski definition) is 4. The number of phenolic OH excluding ortho intramolecular Hbond substituents is 1. The van der Waals surface area contributed by atoms with Crippen molar-refractivity contribution in [2.75, 3.05) is 13.1 Å². The van der Waals surface area contributed by atoms with Gasteiger partial charge in [-0.15, -0.1) is 0 Å². The Morgan fingerprint density at radius 3 is 2.19 bits per heavy atom. The molecule has 0 saturated heterocycles. The first-order valence-corrected chi connectivity index (χ1v) is 8.94. The highest BCUT2D eigenvalue weighted by atomic mass is 19.4. The van der Waals surface area contributed by atoms with E-state index in [1.165, 1.54) is 36.4 Å². The summed E-state index contributed by atoms with van der Waals surface area (Å²) in [6, 6.07) is 10.2. The second kappa shape index (κ2) is 8.86. The fourth-order valence-electron chi connectivity index (χ4n) is 2.76. The van der Waals surface area contributed by atoms with E-state index >= 15 is 0 Å². The molecular formula is C20H16F4N4O3. The summed E-state index contributed by atoms with van der Waals surface area (Å²) in [6.45, 7) is -0.223. The summed E-state index contributed by atoms with van der Waals surface area (Å²) in [4.78, 5) is 24.2. The fraction of sp³-hybridized carbons (Fsp3) is 0.150. The molecule has 162 valence electrons. The molecule has 3 N–H and O–H groups in total. The van der Waals surface area contributed by atoms with Crippen LogP contribution in [0.25, 0.3) is 5.69 Å².